The molecule has 5 nitrogen and oxygen atoms in total. The van der Waals surface area contributed by atoms with E-state index in [1.54, 1.807) is 17.0 Å². The van der Waals surface area contributed by atoms with Crippen molar-refractivity contribution in [2.24, 2.45) is 5.73 Å². The normalized spacial score (nSPS) is 17.8. The molecule has 1 heterocycles. The summed E-state index contributed by atoms with van der Waals surface area (Å²) in [6.45, 7) is 5.91. The molecule has 1 aliphatic rings. The molecule has 1 aliphatic heterocycles. The molecule has 1 aromatic rings. The second-order valence-corrected chi connectivity index (χ2v) is 6.59. The summed E-state index contributed by atoms with van der Waals surface area (Å²) in [5.74, 6) is -0.483. The maximum atomic E-state index is 12.1. The standard InChI is InChI=1S/C14H17BrN2O3/c1-14(2,3)20-13(19)17-7-9-5-4-8(12(16)18)6-10(9)11(17)15/h4-6,11H,7H2,1-3H3,(H2,16,18). The molecule has 2 N–H and O–H groups in total. The van der Waals surface area contributed by atoms with Crippen LogP contribution in [0.1, 0.15) is 47.2 Å². The third-order valence-corrected chi connectivity index (χ3v) is 3.92. The van der Waals surface area contributed by atoms with Crippen LogP contribution in [0.25, 0.3) is 0 Å². The van der Waals surface area contributed by atoms with Gasteiger partial charge in [0.1, 0.15) is 10.6 Å². The molecule has 108 valence electrons. The predicted molar refractivity (Wildman–Crippen MR) is 78.4 cm³/mol. The summed E-state index contributed by atoms with van der Waals surface area (Å²) in [4.78, 5) is 24.6. The molecule has 1 unspecified atom stereocenters. The van der Waals surface area contributed by atoms with E-state index in [1.807, 2.05) is 26.8 Å². The molecule has 0 spiro atoms. The zero-order valence-electron chi connectivity index (χ0n) is 11.6. The van der Waals surface area contributed by atoms with Crippen LogP contribution in [0.15, 0.2) is 18.2 Å². The fourth-order valence-electron chi connectivity index (χ4n) is 2.02. The molecule has 1 atom stereocenters. The average molecular weight is 341 g/mol. The van der Waals surface area contributed by atoms with Gasteiger partial charge in [0.2, 0.25) is 5.91 Å². The summed E-state index contributed by atoms with van der Waals surface area (Å²) < 4.78 is 5.37. The Kier molecular flexibility index (Phi) is 3.77. The fraction of sp³-hybridized carbons (Fsp3) is 0.429. The highest BCUT2D eigenvalue weighted by Gasteiger charge is 2.34. The Labute approximate surface area is 126 Å². The van der Waals surface area contributed by atoms with Crippen molar-refractivity contribution in [3.05, 3.63) is 34.9 Å². The monoisotopic (exact) mass is 340 g/mol. The number of benzene rings is 1. The van der Waals surface area contributed by atoms with E-state index in [4.69, 9.17) is 10.5 Å². The summed E-state index contributed by atoms with van der Waals surface area (Å²) in [5.41, 5.74) is 7.00. The summed E-state index contributed by atoms with van der Waals surface area (Å²) in [5, 5.41) is 0. The van der Waals surface area contributed by atoms with E-state index in [2.05, 4.69) is 15.9 Å². The number of halogens is 1. The van der Waals surface area contributed by atoms with Crippen LogP contribution in [0.5, 0.6) is 0 Å². The molecular formula is C14H17BrN2O3. The van der Waals surface area contributed by atoms with Gasteiger partial charge in [0.05, 0.1) is 6.54 Å². The summed E-state index contributed by atoms with van der Waals surface area (Å²) in [7, 11) is 0. The first-order chi connectivity index (χ1) is 9.19. The fourth-order valence-corrected chi connectivity index (χ4v) is 2.76. The van der Waals surface area contributed by atoms with Gasteiger partial charge in [-0.15, -0.1) is 0 Å². The number of amides is 2. The van der Waals surface area contributed by atoms with Crippen LogP contribution in [-0.4, -0.2) is 22.5 Å². The minimum atomic E-state index is -0.545. The third-order valence-electron chi connectivity index (χ3n) is 2.93. The van der Waals surface area contributed by atoms with E-state index in [0.29, 0.717) is 12.1 Å². The van der Waals surface area contributed by atoms with Gasteiger partial charge in [-0.2, -0.15) is 0 Å². The van der Waals surface area contributed by atoms with Gasteiger partial charge >= 0.3 is 6.09 Å². The number of rotatable bonds is 1. The highest BCUT2D eigenvalue weighted by molar-refractivity contribution is 9.09. The molecule has 2 amide bonds. The van der Waals surface area contributed by atoms with E-state index in [1.165, 1.54) is 0 Å². The van der Waals surface area contributed by atoms with Crippen LogP contribution in [-0.2, 0) is 11.3 Å². The van der Waals surface area contributed by atoms with Crippen LogP contribution < -0.4 is 5.73 Å². The lowest BCUT2D eigenvalue weighted by Crippen LogP contribution is -2.34. The van der Waals surface area contributed by atoms with Gasteiger partial charge in [-0.3, -0.25) is 9.69 Å². The molecule has 0 aliphatic carbocycles. The van der Waals surface area contributed by atoms with E-state index in [9.17, 15) is 9.59 Å². The van der Waals surface area contributed by atoms with E-state index < -0.39 is 17.6 Å². The minimum absolute atomic E-state index is 0.313. The number of nitrogens with zero attached hydrogens (tertiary/aromatic N) is 1. The lowest BCUT2D eigenvalue weighted by molar-refractivity contribution is 0.0239. The van der Waals surface area contributed by atoms with Gasteiger partial charge in [0.25, 0.3) is 0 Å². The SMILES string of the molecule is CC(C)(C)OC(=O)N1Cc2ccc(C(N)=O)cc2C1Br. The predicted octanol–water partition coefficient (Wildman–Crippen LogP) is 2.93. The average Bonchev–Trinajstić information content (AvgIpc) is 2.64. The molecular weight excluding hydrogens is 324 g/mol. The molecule has 2 rings (SSSR count). The van der Waals surface area contributed by atoms with Crippen LogP contribution in [0, 0.1) is 0 Å². The molecule has 6 heteroatoms. The van der Waals surface area contributed by atoms with Crippen molar-refractivity contribution in [2.45, 2.75) is 37.9 Å². The lowest BCUT2D eigenvalue weighted by Gasteiger charge is -2.26. The second-order valence-electron chi connectivity index (χ2n) is 5.72. The Bertz CT molecular complexity index is 566. The Morgan fingerprint density at radius 1 is 1.40 bits per heavy atom. The molecule has 0 saturated heterocycles. The number of primary amides is 1. The van der Waals surface area contributed by atoms with Gasteiger partial charge < -0.3 is 10.5 Å². The van der Waals surface area contributed by atoms with Gasteiger partial charge in [-0.05, 0) is 44.0 Å². The van der Waals surface area contributed by atoms with Crippen molar-refractivity contribution >= 4 is 27.9 Å². The summed E-state index contributed by atoms with van der Waals surface area (Å²) >= 11 is 3.47. The largest absolute Gasteiger partial charge is 0.444 e. The number of carbonyl (C=O) groups is 2. The van der Waals surface area contributed by atoms with E-state index >= 15 is 0 Å². The Morgan fingerprint density at radius 3 is 2.60 bits per heavy atom. The number of carbonyl (C=O) groups excluding carboxylic acids is 2. The van der Waals surface area contributed by atoms with Crippen LogP contribution in [0.3, 0.4) is 0 Å². The first kappa shape index (κ1) is 14.8. The van der Waals surface area contributed by atoms with Crippen molar-refractivity contribution in [1.82, 2.24) is 4.90 Å². The topological polar surface area (TPSA) is 72.6 Å². The Balaban J connectivity index is 2.23. The molecule has 0 fully saturated rings. The molecule has 0 aromatic heterocycles. The highest BCUT2D eigenvalue weighted by atomic mass is 79.9. The summed E-state index contributed by atoms with van der Waals surface area (Å²) in [6, 6.07) is 5.19. The third kappa shape index (κ3) is 2.95. The number of hydrogen-bond donors (Lipinski definition) is 1. The Hall–Kier alpha value is -1.56. The maximum absolute atomic E-state index is 12.1. The number of fused-ring (bicyclic) bond motifs is 1. The maximum Gasteiger partial charge on any atom is 0.411 e. The smallest absolute Gasteiger partial charge is 0.411 e. The van der Waals surface area contributed by atoms with Gasteiger partial charge in [0.15, 0.2) is 0 Å². The van der Waals surface area contributed by atoms with Gasteiger partial charge in [-0.25, -0.2) is 4.79 Å². The number of hydrogen-bond acceptors (Lipinski definition) is 3. The molecule has 1 aromatic carbocycles. The zero-order chi connectivity index (χ0) is 15.1. The van der Waals surface area contributed by atoms with E-state index in [0.717, 1.165) is 11.1 Å². The Morgan fingerprint density at radius 2 is 2.05 bits per heavy atom. The second kappa shape index (κ2) is 5.09. The molecule has 0 radical (unpaired) electrons. The van der Waals surface area contributed by atoms with Gasteiger partial charge in [-0.1, -0.05) is 22.0 Å². The van der Waals surface area contributed by atoms with Crippen LogP contribution >= 0.6 is 15.9 Å². The van der Waals surface area contributed by atoms with Crippen molar-refractivity contribution < 1.29 is 14.3 Å². The first-order valence-corrected chi connectivity index (χ1v) is 7.17. The lowest BCUT2D eigenvalue weighted by atomic mass is 10.1. The molecule has 20 heavy (non-hydrogen) atoms. The number of nitrogens with two attached hydrogens (primary N) is 1. The first-order valence-electron chi connectivity index (χ1n) is 6.25. The molecule has 0 saturated carbocycles. The number of ether oxygens (including phenoxy) is 1. The zero-order valence-corrected chi connectivity index (χ0v) is 13.2. The van der Waals surface area contributed by atoms with E-state index in [-0.39, 0.29) is 4.95 Å². The van der Waals surface area contributed by atoms with Crippen molar-refractivity contribution in [2.75, 3.05) is 0 Å². The molecule has 0 bridgehead atoms. The van der Waals surface area contributed by atoms with Crippen molar-refractivity contribution in [1.29, 1.82) is 0 Å². The van der Waals surface area contributed by atoms with Crippen molar-refractivity contribution in [3.8, 4) is 0 Å². The summed E-state index contributed by atoms with van der Waals surface area (Å²) in [6.07, 6.45) is -0.392. The quantitative estimate of drug-likeness (QED) is 0.631. The van der Waals surface area contributed by atoms with Crippen molar-refractivity contribution in [3.63, 3.8) is 0 Å². The minimum Gasteiger partial charge on any atom is -0.444 e. The van der Waals surface area contributed by atoms with Gasteiger partial charge in [0, 0.05) is 5.56 Å². The highest BCUT2D eigenvalue weighted by Crippen LogP contribution is 2.39. The van der Waals surface area contributed by atoms with Crippen LogP contribution in [0.4, 0.5) is 4.79 Å². The van der Waals surface area contributed by atoms with Crippen LogP contribution in [0.2, 0.25) is 0 Å². The number of alkyl halides is 1.